The fourth-order valence-corrected chi connectivity index (χ4v) is 1.43. The number of pyridine rings is 1. The van der Waals surface area contributed by atoms with Crippen molar-refractivity contribution in [1.29, 1.82) is 0 Å². The monoisotopic (exact) mass is 221 g/mol. The molecule has 0 saturated carbocycles. The summed E-state index contributed by atoms with van der Waals surface area (Å²) in [6.07, 6.45) is 3.41. The van der Waals surface area contributed by atoms with Gasteiger partial charge >= 0.3 is 0 Å². The molecule has 0 aliphatic rings. The summed E-state index contributed by atoms with van der Waals surface area (Å²) >= 11 is 0. The number of carbonyl (C=O) groups is 1. The third-order valence-electron chi connectivity index (χ3n) is 2.55. The Labute approximate surface area is 96.3 Å². The first kappa shape index (κ1) is 12.6. The van der Waals surface area contributed by atoms with Crippen LogP contribution in [0, 0.1) is 12.8 Å². The zero-order valence-electron chi connectivity index (χ0n) is 9.86. The molecule has 1 atom stereocenters. The van der Waals surface area contributed by atoms with Crippen molar-refractivity contribution in [3.63, 3.8) is 0 Å². The molecule has 16 heavy (non-hydrogen) atoms. The Bertz CT molecular complexity index is 352. The molecule has 0 radical (unpaired) electrons. The summed E-state index contributed by atoms with van der Waals surface area (Å²) in [6, 6.07) is 3.67. The summed E-state index contributed by atoms with van der Waals surface area (Å²) < 4.78 is 0. The zero-order chi connectivity index (χ0) is 12.0. The van der Waals surface area contributed by atoms with E-state index in [-0.39, 0.29) is 11.8 Å². The van der Waals surface area contributed by atoms with Gasteiger partial charge in [0, 0.05) is 12.1 Å². The number of nitrogens with zero attached hydrogens (tertiary/aromatic N) is 1. The maximum atomic E-state index is 11.8. The Balaban J connectivity index is 2.54. The number of carbonyl (C=O) groups excluding carboxylic acids is 1. The maximum absolute atomic E-state index is 11.8. The lowest BCUT2D eigenvalue weighted by molar-refractivity contribution is -0.119. The molecule has 1 heterocycles. The third kappa shape index (κ3) is 3.62. The van der Waals surface area contributed by atoms with Gasteiger partial charge < -0.3 is 11.1 Å². The van der Waals surface area contributed by atoms with E-state index in [2.05, 4.69) is 10.3 Å². The van der Waals surface area contributed by atoms with E-state index < -0.39 is 0 Å². The topological polar surface area (TPSA) is 68.0 Å². The smallest absolute Gasteiger partial charge is 0.227 e. The number of aryl methyl sites for hydroxylation is 1. The van der Waals surface area contributed by atoms with Crippen LogP contribution in [0.4, 0.5) is 5.69 Å². The van der Waals surface area contributed by atoms with Crippen molar-refractivity contribution in [1.82, 2.24) is 4.98 Å². The van der Waals surface area contributed by atoms with Crippen LogP contribution in [0.15, 0.2) is 18.3 Å². The molecule has 4 heteroatoms. The van der Waals surface area contributed by atoms with Gasteiger partial charge in [-0.25, -0.2) is 0 Å². The molecule has 1 amide bonds. The first-order chi connectivity index (χ1) is 7.65. The zero-order valence-corrected chi connectivity index (χ0v) is 9.86. The van der Waals surface area contributed by atoms with Crippen LogP contribution in [-0.4, -0.2) is 17.4 Å². The van der Waals surface area contributed by atoms with E-state index in [0.29, 0.717) is 6.54 Å². The molecule has 0 bridgehead atoms. The first-order valence-electron chi connectivity index (χ1n) is 5.57. The van der Waals surface area contributed by atoms with Crippen LogP contribution in [0.2, 0.25) is 0 Å². The highest BCUT2D eigenvalue weighted by atomic mass is 16.1. The molecule has 4 nitrogen and oxygen atoms in total. The average molecular weight is 221 g/mol. The Morgan fingerprint density at radius 3 is 3.00 bits per heavy atom. The van der Waals surface area contributed by atoms with Crippen molar-refractivity contribution in [3.8, 4) is 0 Å². The molecule has 1 aromatic heterocycles. The van der Waals surface area contributed by atoms with E-state index in [1.807, 2.05) is 26.0 Å². The van der Waals surface area contributed by atoms with Crippen molar-refractivity contribution >= 4 is 11.6 Å². The van der Waals surface area contributed by atoms with Crippen molar-refractivity contribution in [2.75, 3.05) is 11.9 Å². The predicted octanol–water partition coefficient (Wildman–Crippen LogP) is 1.70. The molecule has 0 aliphatic heterocycles. The van der Waals surface area contributed by atoms with Crippen LogP contribution in [0.1, 0.15) is 25.5 Å². The molecule has 1 unspecified atom stereocenters. The summed E-state index contributed by atoms with van der Waals surface area (Å²) in [7, 11) is 0. The highest BCUT2D eigenvalue weighted by Gasteiger charge is 2.13. The summed E-state index contributed by atoms with van der Waals surface area (Å²) in [5, 5.41) is 2.88. The summed E-state index contributed by atoms with van der Waals surface area (Å²) in [4.78, 5) is 15.9. The Morgan fingerprint density at radius 1 is 1.62 bits per heavy atom. The van der Waals surface area contributed by atoms with Crippen LogP contribution in [0.3, 0.4) is 0 Å². The van der Waals surface area contributed by atoms with Gasteiger partial charge in [0.1, 0.15) is 0 Å². The minimum absolute atomic E-state index is 0.0110. The second kappa shape index (κ2) is 6.23. The number of amides is 1. The fraction of sp³-hybridized carbons (Fsp3) is 0.500. The summed E-state index contributed by atoms with van der Waals surface area (Å²) in [5.74, 6) is 0.0210. The molecule has 88 valence electrons. The lowest BCUT2D eigenvalue weighted by Gasteiger charge is -2.12. The van der Waals surface area contributed by atoms with Gasteiger partial charge in [-0.1, -0.05) is 6.92 Å². The van der Waals surface area contributed by atoms with E-state index in [0.717, 1.165) is 24.2 Å². The van der Waals surface area contributed by atoms with E-state index in [1.165, 1.54) is 0 Å². The van der Waals surface area contributed by atoms with Gasteiger partial charge in [-0.3, -0.25) is 9.78 Å². The SMILES string of the molecule is Cc1ncccc1NC(=O)C(C)CCCN. The van der Waals surface area contributed by atoms with Crippen molar-refractivity contribution in [3.05, 3.63) is 24.0 Å². The molecule has 1 rings (SSSR count). The van der Waals surface area contributed by atoms with Crippen LogP contribution >= 0.6 is 0 Å². The van der Waals surface area contributed by atoms with Gasteiger partial charge in [-0.15, -0.1) is 0 Å². The number of hydrogen-bond acceptors (Lipinski definition) is 3. The first-order valence-corrected chi connectivity index (χ1v) is 5.57. The number of hydrogen-bond donors (Lipinski definition) is 2. The molecule has 0 aromatic carbocycles. The van der Waals surface area contributed by atoms with Gasteiger partial charge in [0.2, 0.25) is 5.91 Å². The highest BCUT2D eigenvalue weighted by molar-refractivity contribution is 5.92. The Morgan fingerprint density at radius 2 is 2.38 bits per heavy atom. The highest BCUT2D eigenvalue weighted by Crippen LogP contribution is 2.13. The lowest BCUT2D eigenvalue weighted by atomic mass is 10.0. The van der Waals surface area contributed by atoms with Crippen LogP contribution in [-0.2, 0) is 4.79 Å². The van der Waals surface area contributed by atoms with Crippen molar-refractivity contribution < 1.29 is 4.79 Å². The van der Waals surface area contributed by atoms with Crippen molar-refractivity contribution in [2.24, 2.45) is 11.7 Å². The van der Waals surface area contributed by atoms with Gasteiger partial charge in [0.25, 0.3) is 0 Å². The number of rotatable bonds is 5. The van der Waals surface area contributed by atoms with Crippen LogP contribution in [0.25, 0.3) is 0 Å². The van der Waals surface area contributed by atoms with Gasteiger partial charge in [0.15, 0.2) is 0 Å². The van der Waals surface area contributed by atoms with Crippen molar-refractivity contribution in [2.45, 2.75) is 26.7 Å². The summed E-state index contributed by atoms with van der Waals surface area (Å²) in [6.45, 7) is 4.42. The molecular weight excluding hydrogens is 202 g/mol. The Hall–Kier alpha value is -1.42. The quantitative estimate of drug-likeness (QED) is 0.795. The molecule has 0 spiro atoms. The van der Waals surface area contributed by atoms with E-state index in [9.17, 15) is 4.79 Å². The minimum atomic E-state index is -0.0110. The molecule has 3 N–H and O–H groups in total. The fourth-order valence-electron chi connectivity index (χ4n) is 1.43. The average Bonchev–Trinajstić information content (AvgIpc) is 2.28. The van der Waals surface area contributed by atoms with E-state index in [4.69, 9.17) is 5.73 Å². The second-order valence-electron chi connectivity index (χ2n) is 3.96. The number of nitrogens with two attached hydrogens (primary N) is 1. The second-order valence-corrected chi connectivity index (χ2v) is 3.96. The van der Waals surface area contributed by atoms with Crippen LogP contribution < -0.4 is 11.1 Å². The molecule has 0 aliphatic carbocycles. The van der Waals surface area contributed by atoms with Gasteiger partial charge in [-0.2, -0.15) is 0 Å². The van der Waals surface area contributed by atoms with E-state index in [1.54, 1.807) is 6.20 Å². The molecular formula is C12H19N3O. The number of nitrogens with one attached hydrogen (secondary N) is 1. The summed E-state index contributed by atoms with van der Waals surface area (Å²) in [5.41, 5.74) is 7.03. The number of anilines is 1. The van der Waals surface area contributed by atoms with Crippen LogP contribution in [0.5, 0.6) is 0 Å². The Kier molecular flexibility index (Phi) is 4.92. The lowest BCUT2D eigenvalue weighted by Crippen LogP contribution is -2.21. The predicted molar refractivity (Wildman–Crippen MR) is 65.1 cm³/mol. The molecule has 1 aromatic rings. The normalized spacial score (nSPS) is 12.2. The number of aromatic nitrogens is 1. The molecule has 0 saturated heterocycles. The maximum Gasteiger partial charge on any atom is 0.227 e. The van der Waals surface area contributed by atoms with E-state index >= 15 is 0 Å². The molecule has 0 fully saturated rings. The van der Waals surface area contributed by atoms with Gasteiger partial charge in [-0.05, 0) is 38.4 Å². The van der Waals surface area contributed by atoms with Gasteiger partial charge in [0.05, 0.1) is 11.4 Å². The largest absolute Gasteiger partial charge is 0.330 e. The standard InChI is InChI=1S/C12H19N3O/c1-9(5-3-7-13)12(16)15-11-6-4-8-14-10(11)2/h4,6,8-9H,3,5,7,13H2,1-2H3,(H,15,16). The minimum Gasteiger partial charge on any atom is -0.330 e. The third-order valence-corrected chi connectivity index (χ3v) is 2.55.